The van der Waals surface area contributed by atoms with E-state index in [0.717, 1.165) is 17.3 Å². The fourth-order valence-electron chi connectivity index (χ4n) is 1.99. The van der Waals surface area contributed by atoms with Crippen LogP contribution in [0, 0.1) is 0 Å². The number of rotatable bonds is 2. The van der Waals surface area contributed by atoms with Crippen LogP contribution in [0.25, 0.3) is 0 Å². The quantitative estimate of drug-likeness (QED) is 0.837. The predicted octanol–water partition coefficient (Wildman–Crippen LogP) is 2.24. The number of anilines is 1. The molecule has 1 aromatic heterocycles. The Labute approximate surface area is 95.4 Å². The first-order valence-corrected chi connectivity index (χ1v) is 5.68. The van der Waals surface area contributed by atoms with Crippen molar-refractivity contribution in [2.75, 3.05) is 25.5 Å². The molecule has 1 saturated heterocycles. The number of likely N-dealkylation sites (N-methyl/N-ethyl adjacent to an activating group) is 1. The van der Waals surface area contributed by atoms with Crippen molar-refractivity contribution >= 4 is 17.3 Å². The number of pyridine rings is 1. The van der Waals surface area contributed by atoms with Gasteiger partial charge in [-0.05, 0) is 32.5 Å². The van der Waals surface area contributed by atoms with Crippen molar-refractivity contribution in [1.29, 1.82) is 0 Å². The Balaban J connectivity index is 1.99. The molecule has 3 nitrogen and oxygen atoms in total. The highest BCUT2D eigenvalue weighted by Gasteiger charge is 2.17. The zero-order valence-corrected chi connectivity index (χ0v) is 9.67. The number of hydrogen-bond donors (Lipinski definition) is 1. The van der Waals surface area contributed by atoms with E-state index >= 15 is 0 Å². The Morgan fingerprint density at radius 2 is 2.47 bits per heavy atom. The van der Waals surface area contributed by atoms with E-state index in [1.165, 1.54) is 19.4 Å². The molecule has 2 rings (SSSR count). The highest BCUT2D eigenvalue weighted by atomic mass is 35.5. The average Bonchev–Trinajstić information content (AvgIpc) is 2.22. The fraction of sp³-hybridized carbons (Fsp3) is 0.545. The second-order valence-corrected chi connectivity index (χ2v) is 4.51. The van der Waals surface area contributed by atoms with Gasteiger partial charge in [0.1, 0.15) is 0 Å². The summed E-state index contributed by atoms with van der Waals surface area (Å²) < 4.78 is 0. The van der Waals surface area contributed by atoms with Gasteiger partial charge in [-0.2, -0.15) is 0 Å². The Bertz CT molecular complexity index is 329. The summed E-state index contributed by atoms with van der Waals surface area (Å²) in [6.45, 7) is 2.27. The third-order valence-electron chi connectivity index (χ3n) is 2.75. The van der Waals surface area contributed by atoms with Gasteiger partial charge in [-0.25, -0.2) is 0 Å². The van der Waals surface area contributed by atoms with E-state index in [0.29, 0.717) is 6.04 Å². The zero-order valence-electron chi connectivity index (χ0n) is 8.91. The van der Waals surface area contributed by atoms with Crippen molar-refractivity contribution in [3.8, 4) is 0 Å². The molecular weight excluding hydrogens is 210 g/mol. The molecule has 82 valence electrons. The van der Waals surface area contributed by atoms with Crippen molar-refractivity contribution in [3.63, 3.8) is 0 Å². The SMILES string of the molecule is CN1CCCC(Nc2cnccc2Cl)C1. The van der Waals surface area contributed by atoms with E-state index in [1.807, 2.05) is 6.07 Å². The highest BCUT2D eigenvalue weighted by Crippen LogP contribution is 2.22. The van der Waals surface area contributed by atoms with Crippen LogP contribution in [-0.2, 0) is 0 Å². The molecule has 1 unspecified atom stereocenters. The standard InChI is InChI=1S/C11H16ClN3/c1-15-6-2-3-9(8-15)14-11-7-13-5-4-10(11)12/h4-5,7,9,14H,2-3,6,8H2,1H3. The first-order valence-electron chi connectivity index (χ1n) is 5.30. The van der Waals surface area contributed by atoms with Crippen LogP contribution in [-0.4, -0.2) is 36.1 Å². The van der Waals surface area contributed by atoms with Gasteiger partial charge in [0, 0.05) is 18.8 Å². The molecule has 0 saturated carbocycles. The third kappa shape index (κ3) is 2.83. The van der Waals surface area contributed by atoms with Gasteiger partial charge in [-0.1, -0.05) is 11.6 Å². The lowest BCUT2D eigenvalue weighted by Gasteiger charge is -2.30. The van der Waals surface area contributed by atoms with E-state index in [-0.39, 0.29) is 0 Å². The van der Waals surface area contributed by atoms with E-state index < -0.39 is 0 Å². The maximum atomic E-state index is 6.06. The maximum absolute atomic E-state index is 6.06. The van der Waals surface area contributed by atoms with Gasteiger partial charge in [0.2, 0.25) is 0 Å². The van der Waals surface area contributed by atoms with Gasteiger partial charge in [0.15, 0.2) is 0 Å². The number of nitrogens with one attached hydrogen (secondary N) is 1. The Kier molecular flexibility index (Phi) is 3.44. The minimum absolute atomic E-state index is 0.491. The lowest BCUT2D eigenvalue weighted by atomic mass is 10.1. The number of nitrogens with zero attached hydrogens (tertiary/aromatic N) is 2. The molecule has 1 aromatic rings. The molecule has 2 heterocycles. The molecule has 1 aliphatic rings. The van der Waals surface area contributed by atoms with Crippen LogP contribution in [0.4, 0.5) is 5.69 Å². The average molecular weight is 226 g/mol. The predicted molar refractivity (Wildman–Crippen MR) is 63.4 cm³/mol. The Morgan fingerprint density at radius 3 is 3.20 bits per heavy atom. The highest BCUT2D eigenvalue weighted by molar-refractivity contribution is 6.33. The molecule has 1 N–H and O–H groups in total. The zero-order chi connectivity index (χ0) is 10.7. The second-order valence-electron chi connectivity index (χ2n) is 4.10. The van der Waals surface area contributed by atoms with Crippen molar-refractivity contribution < 1.29 is 0 Å². The van der Waals surface area contributed by atoms with Gasteiger partial charge < -0.3 is 10.2 Å². The van der Waals surface area contributed by atoms with Gasteiger partial charge in [0.25, 0.3) is 0 Å². The lowest BCUT2D eigenvalue weighted by Crippen LogP contribution is -2.39. The van der Waals surface area contributed by atoms with Gasteiger partial charge in [0.05, 0.1) is 16.9 Å². The molecule has 0 aliphatic carbocycles. The van der Waals surface area contributed by atoms with Gasteiger partial charge in [-0.15, -0.1) is 0 Å². The van der Waals surface area contributed by atoms with Crippen LogP contribution < -0.4 is 5.32 Å². The molecular formula is C11H16ClN3. The second kappa shape index (κ2) is 4.81. The van der Waals surface area contributed by atoms with E-state index in [2.05, 4.69) is 22.2 Å². The van der Waals surface area contributed by atoms with Crippen LogP contribution in [0.2, 0.25) is 5.02 Å². The Hall–Kier alpha value is -0.800. The summed E-state index contributed by atoms with van der Waals surface area (Å²) in [5, 5.41) is 4.19. The molecule has 4 heteroatoms. The minimum atomic E-state index is 0.491. The lowest BCUT2D eigenvalue weighted by molar-refractivity contribution is 0.261. The summed E-state index contributed by atoms with van der Waals surface area (Å²) in [6.07, 6.45) is 5.94. The normalized spacial score (nSPS) is 22.7. The molecule has 0 bridgehead atoms. The van der Waals surface area contributed by atoms with Gasteiger partial charge in [-0.3, -0.25) is 4.98 Å². The molecule has 1 fully saturated rings. The number of aromatic nitrogens is 1. The van der Waals surface area contributed by atoms with Crippen molar-refractivity contribution in [2.45, 2.75) is 18.9 Å². The molecule has 0 aromatic carbocycles. The molecule has 1 atom stereocenters. The van der Waals surface area contributed by atoms with E-state index in [9.17, 15) is 0 Å². The first kappa shape index (κ1) is 10.7. The van der Waals surface area contributed by atoms with Crippen LogP contribution in [0.1, 0.15) is 12.8 Å². The van der Waals surface area contributed by atoms with Crippen molar-refractivity contribution in [1.82, 2.24) is 9.88 Å². The van der Waals surface area contributed by atoms with Crippen LogP contribution in [0.5, 0.6) is 0 Å². The topological polar surface area (TPSA) is 28.2 Å². The summed E-state index contributed by atoms with van der Waals surface area (Å²) in [5.41, 5.74) is 0.944. The number of piperidine rings is 1. The van der Waals surface area contributed by atoms with Crippen LogP contribution in [0.3, 0.4) is 0 Å². The maximum Gasteiger partial charge on any atom is 0.0718 e. The van der Waals surface area contributed by atoms with E-state index in [1.54, 1.807) is 12.4 Å². The van der Waals surface area contributed by atoms with Crippen LogP contribution in [0.15, 0.2) is 18.5 Å². The van der Waals surface area contributed by atoms with Crippen molar-refractivity contribution in [3.05, 3.63) is 23.5 Å². The Morgan fingerprint density at radius 1 is 1.60 bits per heavy atom. The number of likely N-dealkylation sites (tertiary alicyclic amines) is 1. The summed E-state index contributed by atoms with van der Waals surface area (Å²) in [4.78, 5) is 6.41. The molecule has 0 spiro atoms. The molecule has 1 aliphatic heterocycles. The largest absolute Gasteiger partial charge is 0.379 e. The summed E-state index contributed by atoms with van der Waals surface area (Å²) in [7, 11) is 2.15. The third-order valence-corrected chi connectivity index (χ3v) is 3.08. The van der Waals surface area contributed by atoms with Crippen molar-refractivity contribution in [2.24, 2.45) is 0 Å². The minimum Gasteiger partial charge on any atom is -0.379 e. The summed E-state index contributed by atoms with van der Waals surface area (Å²) in [5.74, 6) is 0. The van der Waals surface area contributed by atoms with Crippen LogP contribution >= 0.6 is 11.6 Å². The monoisotopic (exact) mass is 225 g/mol. The van der Waals surface area contributed by atoms with E-state index in [4.69, 9.17) is 11.6 Å². The first-order chi connectivity index (χ1) is 7.25. The fourth-order valence-corrected chi connectivity index (χ4v) is 2.15. The smallest absolute Gasteiger partial charge is 0.0718 e. The molecule has 0 amide bonds. The number of hydrogen-bond acceptors (Lipinski definition) is 3. The number of halogens is 1. The summed E-state index contributed by atoms with van der Waals surface area (Å²) in [6, 6.07) is 2.31. The van der Waals surface area contributed by atoms with Gasteiger partial charge >= 0.3 is 0 Å². The molecule has 0 radical (unpaired) electrons. The summed E-state index contributed by atoms with van der Waals surface area (Å²) >= 11 is 6.06. The molecule has 15 heavy (non-hydrogen) atoms.